The number of aryl methyl sites for hydroxylation is 1. The number of nitrogens with zero attached hydrogens (tertiary/aromatic N) is 1. The highest BCUT2D eigenvalue weighted by atomic mass is 16.5. The zero-order valence-corrected chi connectivity index (χ0v) is 13.2. The molecule has 0 spiro atoms. The van der Waals surface area contributed by atoms with Crippen LogP contribution >= 0.6 is 0 Å². The second kappa shape index (κ2) is 6.40. The molecule has 1 aromatic carbocycles. The van der Waals surface area contributed by atoms with Crippen LogP contribution in [0.25, 0.3) is 10.9 Å². The molecule has 118 valence electrons. The van der Waals surface area contributed by atoms with E-state index in [1.54, 1.807) is 0 Å². The van der Waals surface area contributed by atoms with Crippen molar-refractivity contribution in [2.75, 3.05) is 26.2 Å². The highest BCUT2D eigenvalue weighted by Gasteiger charge is 2.20. The van der Waals surface area contributed by atoms with E-state index in [1.165, 1.54) is 16.5 Å². The maximum Gasteiger partial charge on any atom is 0.317 e. The van der Waals surface area contributed by atoms with Gasteiger partial charge in [-0.2, -0.15) is 0 Å². The first-order valence-corrected chi connectivity index (χ1v) is 7.85. The molecule has 3 rings (SSSR count). The largest absolute Gasteiger partial charge is 0.375 e. The van der Waals surface area contributed by atoms with Crippen molar-refractivity contribution >= 4 is 16.9 Å². The van der Waals surface area contributed by atoms with Crippen molar-refractivity contribution in [1.82, 2.24) is 15.2 Å². The van der Waals surface area contributed by atoms with Crippen LogP contribution in [-0.4, -0.2) is 48.3 Å². The van der Waals surface area contributed by atoms with Crippen LogP contribution in [0.5, 0.6) is 0 Å². The average Bonchev–Trinajstić information content (AvgIpc) is 2.92. The number of ether oxygens (including phenoxy) is 1. The number of fused-ring (bicyclic) bond motifs is 1. The first-order chi connectivity index (χ1) is 10.6. The number of morpholine rings is 1. The second-order valence-electron chi connectivity index (χ2n) is 5.92. The lowest BCUT2D eigenvalue weighted by molar-refractivity contribution is -0.00342. The van der Waals surface area contributed by atoms with Crippen molar-refractivity contribution < 1.29 is 9.53 Å². The summed E-state index contributed by atoms with van der Waals surface area (Å²) in [4.78, 5) is 17.3. The Morgan fingerprint density at radius 2 is 2.36 bits per heavy atom. The maximum absolute atomic E-state index is 12.2. The Hall–Kier alpha value is -2.01. The Morgan fingerprint density at radius 3 is 3.18 bits per heavy atom. The topological polar surface area (TPSA) is 57.4 Å². The molecule has 1 aromatic heterocycles. The molecule has 5 heteroatoms. The maximum atomic E-state index is 12.2. The van der Waals surface area contributed by atoms with E-state index in [0.717, 1.165) is 11.9 Å². The number of benzene rings is 1. The molecule has 0 aliphatic carbocycles. The van der Waals surface area contributed by atoms with Crippen LogP contribution in [0.1, 0.15) is 18.1 Å². The number of hydrogen-bond donors (Lipinski definition) is 2. The lowest BCUT2D eigenvalue weighted by Gasteiger charge is -2.31. The van der Waals surface area contributed by atoms with E-state index >= 15 is 0 Å². The smallest absolute Gasteiger partial charge is 0.317 e. The fraction of sp³-hybridized carbons (Fsp3) is 0.471. The number of H-pyrrole nitrogens is 1. The molecule has 0 bridgehead atoms. The van der Waals surface area contributed by atoms with E-state index in [2.05, 4.69) is 35.4 Å². The third kappa shape index (κ3) is 3.09. The first kappa shape index (κ1) is 14.9. The summed E-state index contributed by atoms with van der Waals surface area (Å²) in [5, 5.41) is 4.29. The molecule has 2 aromatic rings. The van der Waals surface area contributed by atoms with Crippen LogP contribution in [0.2, 0.25) is 0 Å². The van der Waals surface area contributed by atoms with Gasteiger partial charge in [-0.05, 0) is 37.5 Å². The predicted octanol–water partition coefficient (Wildman–Crippen LogP) is 2.45. The monoisotopic (exact) mass is 301 g/mol. The minimum absolute atomic E-state index is 0.00622. The zero-order valence-electron chi connectivity index (χ0n) is 13.2. The van der Waals surface area contributed by atoms with Crippen molar-refractivity contribution in [2.45, 2.75) is 26.4 Å². The number of urea groups is 1. The summed E-state index contributed by atoms with van der Waals surface area (Å²) in [6, 6.07) is 6.26. The fourth-order valence-electron chi connectivity index (χ4n) is 3.07. The highest BCUT2D eigenvalue weighted by molar-refractivity contribution is 5.86. The Morgan fingerprint density at radius 1 is 1.50 bits per heavy atom. The molecular weight excluding hydrogens is 278 g/mol. The van der Waals surface area contributed by atoms with Gasteiger partial charge in [0.05, 0.1) is 12.7 Å². The Balaban J connectivity index is 1.57. The molecule has 1 fully saturated rings. The summed E-state index contributed by atoms with van der Waals surface area (Å²) >= 11 is 0. The van der Waals surface area contributed by atoms with Crippen LogP contribution in [0, 0.1) is 6.92 Å². The second-order valence-corrected chi connectivity index (χ2v) is 5.92. The van der Waals surface area contributed by atoms with Gasteiger partial charge in [0.25, 0.3) is 0 Å². The Labute approximate surface area is 130 Å². The fourth-order valence-corrected chi connectivity index (χ4v) is 3.07. The van der Waals surface area contributed by atoms with Gasteiger partial charge in [-0.1, -0.05) is 12.1 Å². The molecule has 2 heterocycles. The standard InChI is InChI=1S/C17H23N3O2/c1-12-4-3-5-15-16(12)14(10-19-15)6-7-18-17(21)20-8-9-22-13(2)11-20/h3-5,10,13,19H,6-9,11H2,1-2H3,(H,18,21). The zero-order chi connectivity index (χ0) is 15.5. The summed E-state index contributed by atoms with van der Waals surface area (Å²) in [5.41, 5.74) is 3.68. The van der Waals surface area contributed by atoms with E-state index < -0.39 is 0 Å². The number of aromatic nitrogens is 1. The average molecular weight is 301 g/mol. The molecular formula is C17H23N3O2. The molecule has 2 amide bonds. The molecule has 0 radical (unpaired) electrons. The van der Waals surface area contributed by atoms with Gasteiger partial charge in [0.15, 0.2) is 0 Å². The minimum Gasteiger partial charge on any atom is -0.375 e. The van der Waals surface area contributed by atoms with Gasteiger partial charge >= 0.3 is 6.03 Å². The van der Waals surface area contributed by atoms with Crippen molar-refractivity contribution in [3.8, 4) is 0 Å². The van der Waals surface area contributed by atoms with Gasteiger partial charge in [0, 0.05) is 36.7 Å². The van der Waals surface area contributed by atoms with Gasteiger partial charge in [-0.15, -0.1) is 0 Å². The molecule has 0 saturated carbocycles. The van der Waals surface area contributed by atoms with Gasteiger partial charge < -0.3 is 19.9 Å². The van der Waals surface area contributed by atoms with E-state index in [-0.39, 0.29) is 12.1 Å². The molecule has 1 aliphatic rings. The van der Waals surface area contributed by atoms with E-state index in [0.29, 0.717) is 26.2 Å². The highest BCUT2D eigenvalue weighted by Crippen LogP contribution is 2.22. The Bertz CT molecular complexity index is 665. The normalized spacial score (nSPS) is 18.6. The number of carbonyl (C=O) groups is 1. The number of nitrogens with one attached hydrogen (secondary N) is 2. The van der Waals surface area contributed by atoms with Crippen LogP contribution < -0.4 is 5.32 Å². The van der Waals surface area contributed by atoms with E-state index in [1.807, 2.05) is 18.0 Å². The molecule has 2 N–H and O–H groups in total. The third-order valence-corrected chi connectivity index (χ3v) is 4.19. The lowest BCUT2D eigenvalue weighted by Crippen LogP contribution is -2.49. The van der Waals surface area contributed by atoms with E-state index in [9.17, 15) is 4.79 Å². The van der Waals surface area contributed by atoms with Crippen molar-refractivity contribution in [3.05, 3.63) is 35.5 Å². The predicted molar refractivity (Wildman–Crippen MR) is 87.1 cm³/mol. The molecule has 22 heavy (non-hydrogen) atoms. The molecule has 1 aliphatic heterocycles. The third-order valence-electron chi connectivity index (χ3n) is 4.19. The Kier molecular flexibility index (Phi) is 4.34. The molecule has 1 saturated heterocycles. The summed E-state index contributed by atoms with van der Waals surface area (Å²) in [6.07, 6.45) is 2.99. The summed E-state index contributed by atoms with van der Waals surface area (Å²) in [5.74, 6) is 0. The number of carbonyl (C=O) groups excluding carboxylic acids is 1. The van der Waals surface area contributed by atoms with Crippen LogP contribution in [0.15, 0.2) is 24.4 Å². The van der Waals surface area contributed by atoms with Gasteiger partial charge in [0.2, 0.25) is 0 Å². The van der Waals surface area contributed by atoms with Gasteiger partial charge in [0.1, 0.15) is 0 Å². The van der Waals surface area contributed by atoms with Crippen molar-refractivity contribution in [1.29, 1.82) is 0 Å². The van der Waals surface area contributed by atoms with Crippen molar-refractivity contribution in [2.24, 2.45) is 0 Å². The van der Waals surface area contributed by atoms with Gasteiger partial charge in [-0.3, -0.25) is 0 Å². The van der Waals surface area contributed by atoms with Crippen LogP contribution in [0.3, 0.4) is 0 Å². The summed E-state index contributed by atoms with van der Waals surface area (Å²) < 4.78 is 5.46. The number of amides is 2. The quantitative estimate of drug-likeness (QED) is 0.915. The minimum atomic E-state index is 0.00622. The molecule has 5 nitrogen and oxygen atoms in total. The number of rotatable bonds is 3. The first-order valence-electron chi connectivity index (χ1n) is 7.85. The number of hydrogen-bond acceptors (Lipinski definition) is 2. The van der Waals surface area contributed by atoms with Crippen LogP contribution in [0.4, 0.5) is 4.79 Å². The SMILES string of the molecule is Cc1cccc2[nH]cc(CCNC(=O)N3CCOC(C)C3)c12. The summed E-state index contributed by atoms with van der Waals surface area (Å²) in [7, 11) is 0. The molecule has 1 unspecified atom stereocenters. The van der Waals surface area contributed by atoms with E-state index in [4.69, 9.17) is 4.74 Å². The van der Waals surface area contributed by atoms with Crippen molar-refractivity contribution in [3.63, 3.8) is 0 Å². The summed E-state index contributed by atoms with van der Waals surface area (Å²) in [6.45, 7) is 6.71. The lowest BCUT2D eigenvalue weighted by atomic mass is 10.1. The molecule has 1 atom stereocenters. The van der Waals surface area contributed by atoms with Gasteiger partial charge in [-0.25, -0.2) is 4.79 Å². The number of aromatic amines is 1. The van der Waals surface area contributed by atoms with Crippen LogP contribution in [-0.2, 0) is 11.2 Å².